The number of nitrogens with zero attached hydrogens (tertiary/aromatic N) is 4. The van der Waals surface area contributed by atoms with Gasteiger partial charge in [-0.2, -0.15) is 5.10 Å². The first kappa shape index (κ1) is 21.6. The number of ether oxygens (including phenoxy) is 1. The molecular weight excluding hydrogens is 400 g/mol. The molecule has 4 rings (SSSR count). The highest BCUT2D eigenvalue weighted by molar-refractivity contribution is 5.96. The molecule has 0 spiro atoms. The van der Waals surface area contributed by atoms with Gasteiger partial charge in [-0.05, 0) is 70.2 Å². The van der Waals surface area contributed by atoms with Crippen LogP contribution >= 0.6 is 0 Å². The van der Waals surface area contributed by atoms with E-state index in [1.54, 1.807) is 11.9 Å². The molecule has 0 aliphatic carbocycles. The van der Waals surface area contributed by atoms with Crippen molar-refractivity contribution >= 4 is 17.2 Å². The number of fused-ring (bicyclic) bond motifs is 1. The fourth-order valence-electron chi connectivity index (χ4n) is 3.79. The van der Waals surface area contributed by atoms with Crippen LogP contribution in [-0.2, 0) is 11.2 Å². The van der Waals surface area contributed by atoms with Crippen LogP contribution in [0.1, 0.15) is 30.8 Å². The summed E-state index contributed by atoms with van der Waals surface area (Å²) in [4.78, 5) is 19.6. The second-order valence-corrected chi connectivity index (χ2v) is 8.26. The number of benzene rings is 2. The first-order valence-corrected chi connectivity index (χ1v) is 10.8. The highest BCUT2D eigenvalue weighted by Gasteiger charge is 2.22. The number of aryl methyl sites for hydroxylation is 2. The third-order valence-electron chi connectivity index (χ3n) is 5.34. The number of anilines is 1. The van der Waals surface area contributed by atoms with Gasteiger partial charge in [0.15, 0.2) is 5.65 Å². The number of hydrogen-bond donors (Lipinski definition) is 0. The quantitative estimate of drug-likeness (QED) is 0.433. The first-order valence-electron chi connectivity index (χ1n) is 10.8. The second kappa shape index (κ2) is 8.83. The van der Waals surface area contributed by atoms with E-state index in [1.165, 1.54) is 0 Å². The number of carbonyl (C=O) groups excluding carboxylic acids is 1. The van der Waals surface area contributed by atoms with Crippen molar-refractivity contribution in [3.8, 4) is 17.0 Å². The van der Waals surface area contributed by atoms with E-state index >= 15 is 0 Å². The number of carbonyl (C=O) groups is 1. The fraction of sp³-hybridized carbons (Fsp3) is 0.269. The minimum atomic E-state index is -0.0203. The zero-order chi connectivity index (χ0) is 22.8. The van der Waals surface area contributed by atoms with Gasteiger partial charge in [0, 0.05) is 35.2 Å². The summed E-state index contributed by atoms with van der Waals surface area (Å²) in [5, 5.41) is 4.84. The van der Waals surface area contributed by atoms with Crippen molar-refractivity contribution in [2.24, 2.45) is 0 Å². The molecule has 2 aromatic carbocycles. The zero-order valence-corrected chi connectivity index (χ0v) is 19.2. The predicted molar refractivity (Wildman–Crippen MR) is 127 cm³/mol. The van der Waals surface area contributed by atoms with Gasteiger partial charge < -0.3 is 9.64 Å². The van der Waals surface area contributed by atoms with Crippen LogP contribution in [0, 0.1) is 13.8 Å². The number of para-hydroxylation sites is 1. The third kappa shape index (κ3) is 4.35. The Morgan fingerprint density at radius 3 is 2.41 bits per heavy atom. The molecule has 0 fully saturated rings. The molecule has 0 bridgehead atoms. The van der Waals surface area contributed by atoms with Crippen molar-refractivity contribution < 1.29 is 9.53 Å². The molecule has 0 saturated carbocycles. The van der Waals surface area contributed by atoms with Crippen molar-refractivity contribution in [1.29, 1.82) is 0 Å². The van der Waals surface area contributed by atoms with E-state index in [4.69, 9.17) is 14.8 Å². The van der Waals surface area contributed by atoms with Crippen molar-refractivity contribution in [2.75, 3.05) is 11.9 Å². The summed E-state index contributed by atoms with van der Waals surface area (Å²) in [6.07, 6.45) is 0.303. The van der Waals surface area contributed by atoms with Gasteiger partial charge >= 0.3 is 0 Å². The Balaban J connectivity index is 1.77. The number of amides is 1. The van der Waals surface area contributed by atoms with Gasteiger partial charge in [-0.25, -0.2) is 9.50 Å². The van der Waals surface area contributed by atoms with Crippen molar-refractivity contribution in [3.05, 3.63) is 77.6 Å². The van der Waals surface area contributed by atoms with Crippen molar-refractivity contribution in [3.63, 3.8) is 0 Å². The lowest BCUT2D eigenvalue weighted by atomic mass is 10.0. The van der Waals surface area contributed by atoms with Crippen LogP contribution in [0.5, 0.6) is 5.75 Å². The van der Waals surface area contributed by atoms with Crippen LogP contribution in [0.2, 0.25) is 0 Å². The minimum Gasteiger partial charge on any atom is -0.491 e. The van der Waals surface area contributed by atoms with Crippen LogP contribution in [0.4, 0.5) is 5.69 Å². The van der Waals surface area contributed by atoms with Gasteiger partial charge in [0.25, 0.3) is 0 Å². The Hall–Kier alpha value is -3.67. The van der Waals surface area contributed by atoms with Crippen molar-refractivity contribution in [1.82, 2.24) is 14.6 Å². The predicted octanol–water partition coefficient (Wildman–Crippen LogP) is 5.01. The Labute approximate surface area is 188 Å². The summed E-state index contributed by atoms with van der Waals surface area (Å²) >= 11 is 0. The lowest BCUT2D eigenvalue weighted by Crippen LogP contribution is -2.28. The molecule has 0 aliphatic rings. The number of hydrogen-bond acceptors (Lipinski definition) is 4. The van der Waals surface area contributed by atoms with E-state index in [2.05, 4.69) is 0 Å². The van der Waals surface area contributed by atoms with Gasteiger partial charge in [-0.3, -0.25) is 4.79 Å². The van der Waals surface area contributed by atoms with Crippen LogP contribution in [0.15, 0.2) is 60.7 Å². The summed E-state index contributed by atoms with van der Waals surface area (Å²) in [5.74, 6) is 0.784. The second-order valence-electron chi connectivity index (χ2n) is 8.26. The van der Waals surface area contributed by atoms with Crippen LogP contribution in [0.25, 0.3) is 16.9 Å². The Bertz CT molecular complexity index is 1240. The highest BCUT2D eigenvalue weighted by Crippen LogP contribution is 2.29. The van der Waals surface area contributed by atoms with Crippen LogP contribution in [-0.4, -0.2) is 33.7 Å². The number of likely N-dealkylation sites (N-methyl/N-ethyl adjacent to an activating group) is 1. The van der Waals surface area contributed by atoms with Gasteiger partial charge in [0.2, 0.25) is 5.91 Å². The van der Waals surface area contributed by atoms with Gasteiger partial charge in [-0.15, -0.1) is 0 Å². The van der Waals surface area contributed by atoms with Crippen LogP contribution in [0.3, 0.4) is 0 Å². The van der Waals surface area contributed by atoms with E-state index in [0.29, 0.717) is 0 Å². The normalized spacial score (nSPS) is 11.2. The molecule has 0 unspecified atom stereocenters. The summed E-state index contributed by atoms with van der Waals surface area (Å²) in [7, 11) is 1.80. The van der Waals surface area contributed by atoms with Gasteiger partial charge in [-0.1, -0.05) is 18.2 Å². The topological polar surface area (TPSA) is 59.7 Å². The molecule has 0 N–H and O–H groups in total. The maximum Gasteiger partial charge on any atom is 0.231 e. The third-order valence-corrected chi connectivity index (χ3v) is 5.34. The summed E-state index contributed by atoms with van der Waals surface area (Å²) in [5.41, 5.74) is 5.95. The van der Waals surface area contributed by atoms with E-state index in [1.807, 2.05) is 92.9 Å². The summed E-state index contributed by atoms with van der Waals surface area (Å²) < 4.78 is 7.60. The van der Waals surface area contributed by atoms with Crippen molar-refractivity contribution in [2.45, 2.75) is 40.2 Å². The van der Waals surface area contributed by atoms with E-state index in [-0.39, 0.29) is 18.4 Å². The molecule has 0 saturated heterocycles. The monoisotopic (exact) mass is 428 g/mol. The van der Waals surface area contributed by atoms with E-state index in [0.717, 1.165) is 45.3 Å². The smallest absolute Gasteiger partial charge is 0.231 e. The van der Waals surface area contributed by atoms with Gasteiger partial charge in [0.1, 0.15) is 5.75 Å². The molecule has 2 aromatic heterocycles. The molecular formula is C26H28N4O2. The molecule has 32 heavy (non-hydrogen) atoms. The molecule has 1 amide bonds. The van der Waals surface area contributed by atoms with E-state index in [9.17, 15) is 4.79 Å². The molecule has 2 heterocycles. The van der Waals surface area contributed by atoms with Crippen LogP contribution < -0.4 is 9.64 Å². The molecule has 0 radical (unpaired) electrons. The zero-order valence-electron chi connectivity index (χ0n) is 19.2. The van der Waals surface area contributed by atoms with Gasteiger partial charge in [0.05, 0.1) is 18.2 Å². The maximum atomic E-state index is 13.2. The fourth-order valence-corrected chi connectivity index (χ4v) is 3.79. The molecule has 0 atom stereocenters. The molecule has 0 aliphatic heterocycles. The lowest BCUT2D eigenvalue weighted by Gasteiger charge is -2.17. The highest BCUT2D eigenvalue weighted by atomic mass is 16.5. The van der Waals surface area contributed by atoms with E-state index < -0.39 is 0 Å². The number of rotatable bonds is 6. The Morgan fingerprint density at radius 2 is 1.75 bits per heavy atom. The average molecular weight is 429 g/mol. The Kier molecular flexibility index (Phi) is 5.95. The molecule has 164 valence electrons. The molecule has 6 nitrogen and oxygen atoms in total. The standard InChI is InChI=1S/C26H28N4O2/c1-17(2)32-22-13-11-20(12-14-22)25-23(26-27-18(3)15-19(4)30(26)28-25)16-24(31)29(5)21-9-7-6-8-10-21/h6-15,17H,16H2,1-5H3. The summed E-state index contributed by atoms with van der Waals surface area (Å²) in [6.45, 7) is 7.96. The first-order chi connectivity index (χ1) is 15.3. The largest absolute Gasteiger partial charge is 0.491 e. The summed E-state index contributed by atoms with van der Waals surface area (Å²) in [6, 6.07) is 19.5. The average Bonchev–Trinajstić information content (AvgIpc) is 3.12. The SMILES string of the molecule is Cc1cc(C)n2nc(-c3ccc(OC(C)C)cc3)c(CC(=O)N(C)c3ccccc3)c2n1. The lowest BCUT2D eigenvalue weighted by molar-refractivity contribution is -0.117. The molecule has 4 aromatic rings. The minimum absolute atomic E-state index is 0.0203. The number of aromatic nitrogens is 3. The molecule has 6 heteroatoms. The Morgan fingerprint density at radius 1 is 1.06 bits per heavy atom. The maximum absolute atomic E-state index is 13.2.